The van der Waals surface area contributed by atoms with Crippen molar-refractivity contribution in [3.63, 3.8) is 0 Å². The number of anilines is 1. The van der Waals surface area contributed by atoms with Gasteiger partial charge in [-0.2, -0.15) is 0 Å². The second-order valence-corrected chi connectivity index (χ2v) is 5.67. The molecule has 0 saturated heterocycles. The lowest BCUT2D eigenvalue weighted by molar-refractivity contribution is 0.102. The van der Waals surface area contributed by atoms with Crippen LogP contribution in [0.4, 0.5) is 5.69 Å². The quantitative estimate of drug-likeness (QED) is 0.789. The number of benzene rings is 3. The largest absolute Gasteiger partial charge is 0.496 e. The molecule has 0 fully saturated rings. The maximum Gasteiger partial charge on any atom is 0.255 e. The molecule has 0 aromatic heterocycles. The first-order chi connectivity index (χ1) is 12.3. The number of rotatable bonds is 3. The molecule has 5 nitrogen and oxygen atoms in total. The normalized spacial score (nSPS) is 12.7. The zero-order valence-electron chi connectivity index (χ0n) is 13.7. The van der Waals surface area contributed by atoms with Gasteiger partial charge in [-0.15, -0.1) is 0 Å². The Balaban J connectivity index is 1.66. The van der Waals surface area contributed by atoms with Crippen LogP contribution in [0, 0.1) is 0 Å². The molecule has 0 bridgehead atoms. The van der Waals surface area contributed by atoms with Gasteiger partial charge < -0.3 is 19.5 Å². The molecule has 1 aliphatic rings. The maximum absolute atomic E-state index is 12.7. The Bertz CT molecular complexity index is 952. The van der Waals surface area contributed by atoms with Crippen LogP contribution in [0.25, 0.3) is 10.8 Å². The SMILES string of the molecule is COc1ccc(NC(=O)c2ccc3c(c2)OCCO3)c2ccccc12. The van der Waals surface area contributed by atoms with Gasteiger partial charge in [0.05, 0.1) is 7.11 Å². The summed E-state index contributed by atoms with van der Waals surface area (Å²) in [7, 11) is 1.63. The molecule has 3 aromatic rings. The van der Waals surface area contributed by atoms with Gasteiger partial charge in [0.25, 0.3) is 5.91 Å². The standard InChI is InChI=1S/C20H17NO4/c1-23-17-9-7-16(14-4-2-3-5-15(14)17)21-20(22)13-6-8-18-19(12-13)25-11-10-24-18/h2-9,12H,10-11H2,1H3,(H,21,22). The highest BCUT2D eigenvalue weighted by Crippen LogP contribution is 2.33. The van der Waals surface area contributed by atoms with Crippen LogP contribution in [0.15, 0.2) is 54.6 Å². The predicted molar refractivity (Wildman–Crippen MR) is 95.9 cm³/mol. The third kappa shape index (κ3) is 2.85. The van der Waals surface area contributed by atoms with Gasteiger partial charge in [0.15, 0.2) is 11.5 Å². The number of carbonyl (C=O) groups excluding carboxylic acids is 1. The van der Waals surface area contributed by atoms with Crippen LogP contribution in [0.5, 0.6) is 17.2 Å². The third-order valence-corrected chi connectivity index (χ3v) is 4.16. The summed E-state index contributed by atoms with van der Waals surface area (Å²) in [5.74, 6) is 1.83. The highest BCUT2D eigenvalue weighted by atomic mass is 16.6. The number of carbonyl (C=O) groups is 1. The second kappa shape index (κ2) is 6.36. The Labute approximate surface area is 145 Å². The van der Waals surface area contributed by atoms with E-state index in [0.29, 0.717) is 30.3 Å². The lowest BCUT2D eigenvalue weighted by Gasteiger charge is -2.19. The fraction of sp³-hybridized carbons (Fsp3) is 0.150. The first-order valence-corrected chi connectivity index (χ1v) is 8.03. The molecular formula is C20H17NO4. The van der Waals surface area contributed by atoms with E-state index in [0.717, 1.165) is 22.2 Å². The molecule has 0 atom stereocenters. The van der Waals surface area contributed by atoms with Crippen LogP contribution in [0.1, 0.15) is 10.4 Å². The number of ether oxygens (including phenoxy) is 3. The summed E-state index contributed by atoms with van der Waals surface area (Å²) in [6.07, 6.45) is 0. The first kappa shape index (κ1) is 15.3. The zero-order valence-corrected chi connectivity index (χ0v) is 13.7. The van der Waals surface area contributed by atoms with E-state index in [1.54, 1.807) is 25.3 Å². The zero-order chi connectivity index (χ0) is 17.2. The fourth-order valence-corrected chi connectivity index (χ4v) is 2.94. The van der Waals surface area contributed by atoms with Crippen molar-refractivity contribution in [2.24, 2.45) is 0 Å². The van der Waals surface area contributed by atoms with Crippen LogP contribution in [0.2, 0.25) is 0 Å². The average molecular weight is 335 g/mol. The Kier molecular flexibility index (Phi) is 3.90. The van der Waals surface area contributed by atoms with Gasteiger partial charge in [0.1, 0.15) is 19.0 Å². The minimum atomic E-state index is -0.202. The third-order valence-electron chi connectivity index (χ3n) is 4.16. The number of hydrogen-bond donors (Lipinski definition) is 1. The minimum absolute atomic E-state index is 0.202. The summed E-state index contributed by atoms with van der Waals surface area (Å²) in [5, 5.41) is 4.84. The second-order valence-electron chi connectivity index (χ2n) is 5.67. The number of fused-ring (bicyclic) bond motifs is 2. The summed E-state index contributed by atoms with van der Waals surface area (Å²) < 4.78 is 16.4. The minimum Gasteiger partial charge on any atom is -0.496 e. The Morgan fingerprint density at radius 2 is 1.72 bits per heavy atom. The van der Waals surface area contributed by atoms with Crippen LogP contribution in [-0.4, -0.2) is 26.2 Å². The molecule has 5 heteroatoms. The van der Waals surface area contributed by atoms with Gasteiger partial charge in [-0.1, -0.05) is 24.3 Å². The number of hydrogen-bond acceptors (Lipinski definition) is 4. The summed E-state index contributed by atoms with van der Waals surface area (Å²) in [6.45, 7) is 1.01. The highest BCUT2D eigenvalue weighted by molar-refractivity contribution is 6.10. The van der Waals surface area contributed by atoms with Crippen molar-refractivity contribution >= 4 is 22.4 Å². The number of methoxy groups -OCH3 is 1. The number of amides is 1. The lowest BCUT2D eigenvalue weighted by atomic mass is 10.1. The maximum atomic E-state index is 12.7. The molecule has 1 amide bonds. The van der Waals surface area contributed by atoms with E-state index >= 15 is 0 Å². The van der Waals surface area contributed by atoms with Gasteiger partial charge in [-0.3, -0.25) is 4.79 Å². The van der Waals surface area contributed by atoms with E-state index in [9.17, 15) is 4.79 Å². The Hall–Kier alpha value is -3.21. The Morgan fingerprint density at radius 3 is 2.52 bits per heavy atom. The molecular weight excluding hydrogens is 318 g/mol. The van der Waals surface area contributed by atoms with Gasteiger partial charge >= 0.3 is 0 Å². The van der Waals surface area contributed by atoms with E-state index in [4.69, 9.17) is 14.2 Å². The first-order valence-electron chi connectivity index (χ1n) is 8.03. The summed E-state index contributed by atoms with van der Waals surface area (Å²) >= 11 is 0. The average Bonchev–Trinajstić information content (AvgIpc) is 2.68. The molecule has 0 unspecified atom stereocenters. The van der Waals surface area contributed by atoms with Gasteiger partial charge in [0, 0.05) is 22.0 Å². The van der Waals surface area contributed by atoms with E-state index in [1.165, 1.54) is 0 Å². The molecule has 0 aliphatic carbocycles. The van der Waals surface area contributed by atoms with Crippen LogP contribution < -0.4 is 19.5 Å². The van der Waals surface area contributed by atoms with Crippen molar-refractivity contribution in [2.45, 2.75) is 0 Å². The van der Waals surface area contributed by atoms with E-state index < -0.39 is 0 Å². The topological polar surface area (TPSA) is 56.8 Å². The van der Waals surface area contributed by atoms with Crippen LogP contribution in [0.3, 0.4) is 0 Å². The molecule has 1 N–H and O–H groups in total. The van der Waals surface area contributed by atoms with Crippen molar-refractivity contribution in [3.8, 4) is 17.2 Å². The van der Waals surface area contributed by atoms with Crippen molar-refractivity contribution in [2.75, 3.05) is 25.6 Å². The molecule has 0 saturated carbocycles. The highest BCUT2D eigenvalue weighted by Gasteiger charge is 2.16. The van der Waals surface area contributed by atoms with Gasteiger partial charge in [-0.05, 0) is 30.3 Å². The molecule has 3 aromatic carbocycles. The fourth-order valence-electron chi connectivity index (χ4n) is 2.94. The van der Waals surface area contributed by atoms with E-state index in [-0.39, 0.29) is 5.91 Å². The number of nitrogens with one attached hydrogen (secondary N) is 1. The van der Waals surface area contributed by atoms with Crippen molar-refractivity contribution in [1.82, 2.24) is 0 Å². The Morgan fingerprint density at radius 1 is 0.960 bits per heavy atom. The van der Waals surface area contributed by atoms with Crippen LogP contribution >= 0.6 is 0 Å². The predicted octanol–water partition coefficient (Wildman–Crippen LogP) is 3.87. The molecule has 0 radical (unpaired) electrons. The summed E-state index contributed by atoms with van der Waals surface area (Å²) in [5.41, 5.74) is 1.25. The molecule has 1 heterocycles. The molecule has 4 rings (SSSR count). The van der Waals surface area contributed by atoms with Crippen molar-refractivity contribution < 1.29 is 19.0 Å². The van der Waals surface area contributed by atoms with Crippen molar-refractivity contribution in [1.29, 1.82) is 0 Å². The summed E-state index contributed by atoms with van der Waals surface area (Å²) in [4.78, 5) is 12.7. The molecule has 1 aliphatic heterocycles. The molecule has 0 spiro atoms. The molecule has 25 heavy (non-hydrogen) atoms. The lowest BCUT2D eigenvalue weighted by Crippen LogP contribution is -2.17. The monoisotopic (exact) mass is 335 g/mol. The summed E-state index contributed by atoms with van der Waals surface area (Å²) in [6, 6.07) is 16.7. The smallest absolute Gasteiger partial charge is 0.255 e. The van der Waals surface area contributed by atoms with Gasteiger partial charge in [0.2, 0.25) is 0 Å². The van der Waals surface area contributed by atoms with Crippen LogP contribution in [-0.2, 0) is 0 Å². The van der Waals surface area contributed by atoms with E-state index in [2.05, 4.69) is 5.32 Å². The van der Waals surface area contributed by atoms with Crippen molar-refractivity contribution in [3.05, 3.63) is 60.2 Å². The van der Waals surface area contributed by atoms with Gasteiger partial charge in [-0.25, -0.2) is 0 Å². The van der Waals surface area contributed by atoms with E-state index in [1.807, 2.05) is 36.4 Å². The molecule has 126 valence electrons.